The molecule has 1 aromatic rings. The van der Waals surface area contributed by atoms with Crippen LogP contribution in [0.3, 0.4) is 0 Å². The summed E-state index contributed by atoms with van der Waals surface area (Å²) in [5.74, 6) is -0.323. The summed E-state index contributed by atoms with van der Waals surface area (Å²) >= 11 is 0. The van der Waals surface area contributed by atoms with Gasteiger partial charge < -0.3 is 19.7 Å². The van der Waals surface area contributed by atoms with Crippen molar-refractivity contribution in [3.8, 4) is 0 Å². The van der Waals surface area contributed by atoms with E-state index in [-0.39, 0.29) is 11.3 Å². The molecule has 0 aliphatic heterocycles. The maximum Gasteiger partial charge on any atom is 0.371 e. The molecule has 1 heterocycles. The number of furan rings is 1. The van der Waals surface area contributed by atoms with Gasteiger partial charge in [0.05, 0.1) is 0 Å². The molecule has 2 rings (SSSR count). The number of hydrogen-bond donors (Lipinski definition) is 2. The summed E-state index contributed by atoms with van der Waals surface area (Å²) in [7, 11) is 4.24. The molecule has 1 saturated carbocycles. The van der Waals surface area contributed by atoms with Crippen molar-refractivity contribution in [3.05, 3.63) is 23.2 Å². The number of aryl methyl sites for hydroxylation is 1. The highest BCUT2D eigenvalue weighted by atomic mass is 16.4. The molecule has 1 aromatic heterocycles. The number of carbonyl (C=O) groups is 1. The van der Waals surface area contributed by atoms with Gasteiger partial charge in [0.25, 0.3) is 0 Å². The second kappa shape index (κ2) is 5.35. The molecule has 1 fully saturated rings. The standard InChI is InChI=1S/C14H22N2O3/c1-10-11(7-12(19-10)13(17)18)8-15-9-14(16(2)3)5-4-6-14/h7,15H,4-6,8-9H2,1-3H3,(H,17,18). The number of rotatable bonds is 6. The minimum Gasteiger partial charge on any atom is -0.475 e. The van der Waals surface area contributed by atoms with E-state index in [1.54, 1.807) is 13.0 Å². The lowest BCUT2D eigenvalue weighted by Gasteiger charge is -2.47. The fourth-order valence-corrected chi connectivity index (χ4v) is 2.60. The highest BCUT2D eigenvalue weighted by Gasteiger charge is 2.38. The Hall–Kier alpha value is -1.33. The van der Waals surface area contributed by atoms with Crippen molar-refractivity contribution in [2.45, 2.75) is 38.3 Å². The zero-order valence-electron chi connectivity index (χ0n) is 11.8. The minimum absolute atomic E-state index is 0.0141. The first-order valence-corrected chi connectivity index (χ1v) is 6.65. The zero-order valence-corrected chi connectivity index (χ0v) is 11.8. The molecule has 1 aliphatic carbocycles. The van der Waals surface area contributed by atoms with Crippen molar-refractivity contribution in [1.82, 2.24) is 10.2 Å². The SMILES string of the molecule is Cc1oc(C(=O)O)cc1CNCC1(N(C)C)CCC1. The smallest absolute Gasteiger partial charge is 0.371 e. The van der Waals surface area contributed by atoms with Crippen LogP contribution in [0, 0.1) is 6.92 Å². The summed E-state index contributed by atoms with van der Waals surface area (Å²) in [4.78, 5) is 13.1. The lowest BCUT2D eigenvalue weighted by Crippen LogP contribution is -2.56. The van der Waals surface area contributed by atoms with Gasteiger partial charge in [0.2, 0.25) is 5.76 Å². The molecular formula is C14H22N2O3. The van der Waals surface area contributed by atoms with Gasteiger partial charge in [-0.15, -0.1) is 0 Å². The van der Waals surface area contributed by atoms with E-state index in [0.29, 0.717) is 12.3 Å². The van der Waals surface area contributed by atoms with Crippen LogP contribution in [-0.2, 0) is 6.54 Å². The van der Waals surface area contributed by atoms with Crippen LogP contribution in [-0.4, -0.2) is 42.2 Å². The van der Waals surface area contributed by atoms with Crippen LogP contribution in [0.5, 0.6) is 0 Å². The number of nitrogens with one attached hydrogen (secondary N) is 1. The van der Waals surface area contributed by atoms with E-state index >= 15 is 0 Å². The van der Waals surface area contributed by atoms with Crippen LogP contribution in [0.4, 0.5) is 0 Å². The number of nitrogens with zero attached hydrogens (tertiary/aromatic N) is 1. The van der Waals surface area contributed by atoms with E-state index in [4.69, 9.17) is 9.52 Å². The van der Waals surface area contributed by atoms with E-state index < -0.39 is 5.97 Å². The molecule has 1 aliphatic rings. The molecule has 5 heteroatoms. The van der Waals surface area contributed by atoms with E-state index in [1.807, 2.05) is 0 Å². The Morgan fingerprint density at radius 1 is 1.53 bits per heavy atom. The van der Waals surface area contributed by atoms with Gasteiger partial charge in [-0.1, -0.05) is 0 Å². The monoisotopic (exact) mass is 266 g/mol. The molecule has 0 atom stereocenters. The maximum atomic E-state index is 10.8. The Balaban J connectivity index is 1.90. The fourth-order valence-electron chi connectivity index (χ4n) is 2.60. The summed E-state index contributed by atoms with van der Waals surface area (Å²) in [6.07, 6.45) is 3.73. The molecule has 0 saturated heterocycles. The number of aromatic carboxylic acids is 1. The van der Waals surface area contributed by atoms with Gasteiger partial charge in [-0.05, 0) is 46.3 Å². The molecule has 0 spiro atoms. The molecule has 19 heavy (non-hydrogen) atoms. The van der Waals surface area contributed by atoms with E-state index in [1.165, 1.54) is 19.3 Å². The Bertz CT molecular complexity index is 461. The predicted octanol–water partition coefficient (Wildman–Crippen LogP) is 1.86. The van der Waals surface area contributed by atoms with Crippen LogP contribution in [0.15, 0.2) is 10.5 Å². The topological polar surface area (TPSA) is 65.7 Å². The minimum atomic E-state index is -1.02. The van der Waals surface area contributed by atoms with Gasteiger partial charge >= 0.3 is 5.97 Å². The first kappa shape index (κ1) is 14.1. The third kappa shape index (κ3) is 2.82. The molecule has 5 nitrogen and oxygen atoms in total. The first-order valence-electron chi connectivity index (χ1n) is 6.65. The third-order valence-electron chi connectivity index (χ3n) is 4.23. The maximum absolute atomic E-state index is 10.8. The predicted molar refractivity (Wildman–Crippen MR) is 72.4 cm³/mol. The Kier molecular flexibility index (Phi) is 3.96. The Morgan fingerprint density at radius 3 is 2.63 bits per heavy atom. The van der Waals surface area contributed by atoms with Gasteiger partial charge in [0.15, 0.2) is 0 Å². The van der Waals surface area contributed by atoms with Crippen LogP contribution in [0.2, 0.25) is 0 Å². The summed E-state index contributed by atoms with van der Waals surface area (Å²) in [5.41, 5.74) is 1.19. The quantitative estimate of drug-likeness (QED) is 0.822. The average molecular weight is 266 g/mol. The van der Waals surface area contributed by atoms with Gasteiger partial charge in [-0.2, -0.15) is 0 Å². The van der Waals surface area contributed by atoms with Crippen molar-refractivity contribution < 1.29 is 14.3 Å². The lowest BCUT2D eigenvalue weighted by atomic mass is 9.75. The van der Waals surface area contributed by atoms with Gasteiger partial charge in [0.1, 0.15) is 5.76 Å². The molecule has 0 unspecified atom stereocenters. The molecule has 0 aromatic carbocycles. The van der Waals surface area contributed by atoms with Gasteiger partial charge in [-0.25, -0.2) is 4.79 Å². The summed E-state index contributed by atoms with van der Waals surface area (Å²) in [6.45, 7) is 3.37. The van der Waals surface area contributed by atoms with Crippen LogP contribution >= 0.6 is 0 Å². The molecule has 0 radical (unpaired) electrons. The number of hydrogen-bond acceptors (Lipinski definition) is 4. The second-order valence-electron chi connectivity index (χ2n) is 5.57. The number of carboxylic acid groups (broad SMARTS) is 1. The summed E-state index contributed by atoms with van der Waals surface area (Å²) < 4.78 is 5.20. The highest BCUT2D eigenvalue weighted by Crippen LogP contribution is 2.35. The van der Waals surface area contributed by atoms with Gasteiger partial charge in [0, 0.05) is 24.2 Å². The van der Waals surface area contributed by atoms with Crippen LogP contribution < -0.4 is 5.32 Å². The summed E-state index contributed by atoms with van der Waals surface area (Å²) in [5, 5.41) is 12.3. The van der Waals surface area contributed by atoms with Crippen molar-refractivity contribution in [2.75, 3.05) is 20.6 Å². The van der Waals surface area contributed by atoms with Crippen molar-refractivity contribution in [3.63, 3.8) is 0 Å². The van der Waals surface area contributed by atoms with E-state index in [9.17, 15) is 4.79 Å². The average Bonchev–Trinajstić information content (AvgIpc) is 2.63. The van der Waals surface area contributed by atoms with Gasteiger partial charge in [-0.3, -0.25) is 0 Å². The van der Waals surface area contributed by atoms with Crippen molar-refractivity contribution in [1.29, 1.82) is 0 Å². The van der Waals surface area contributed by atoms with E-state index in [2.05, 4.69) is 24.3 Å². The number of carboxylic acids is 1. The van der Waals surface area contributed by atoms with Crippen LogP contribution in [0.1, 0.15) is 41.1 Å². The lowest BCUT2D eigenvalue weighted by molar-refractivity contribution is 0.0598. The summed E-state index contributed by atoms with van der Waals surface area (Å²) in [6, 6.07) is 1.60. The second-order valence-corrected chi connectivity index (χ2v) is 5.57. The van der Waals surface area contributed by atoms with Crippen LogP contribution in [0.25, 0.3) is 0 Å². The molecule has 0 bridgehead atoms. The zero-order chi connectivity index (χ0) is 14.0. The van der Waals surface area contributed by atoms with Crippen molar-refractivity contribution >= 4 is 5.97 Å². The largest absolute Gasteiger partial charge is 0.475 e. The number of likely N-dealkylation sites (N-methyl/N-ethyl adjacent to an activating group) is 1. The van der Waals surface area contributed by atoms with E-state index in [0.717, 1.165) is 12.1 Å². The molecule has 106 valence electrons. The molecular weight excluding hydrogens is 244 g/mol. The Labute approximate surface area is 113 Å². The van der Waals surface area contributed by atoms with Crippen molar-refractivity contribution in [2.24, 2.45) is 0 Å². The Morgan fingerprint density at radius 2 is 2.21 bits per heavy atom. The molecule has 2 N–H and O–H groups in total. The fraction of sp³-hybridized carbons (Fsp3) is 0.643. The molecule has 0 amide bonds. The third-order valence-corrected chi connectivity index (χ3v) is 4.23. The first-order chi connectivity index (χ1) is 8.94. The normalized spacial score (nSPS) is 17.5. The highest BCUT2D eigenvalue weighted by molar-refractivity contribution is 5.84.